The van der Waals surface area contributed by atoms with Crippen molar-refractivity contribution in [2.24, 2.45) is 0 Å². The molecule has 0 unspecified atom stereocenters. The molecule has 1 aliphatic rings. The number of halogens is 1. The maximum atomic E-state index is 12.7. The van der Waals surface area contributed by atoms with Crippen molar-refractivity contribution in [1.82, 2.24) is 10.2 Å². The van der Waals surface area contributed by atoms with Crippen molar-refractivity contribution in [2.75, 3.05) is 12.0 Å². The molecule has 4 rings (SSSR count). The molecule has 6 heteroatoms. The Kier molecular flexibility index (Phi) is 3.27. The first kappa shape index (κ1) is 14.1. The lowest BCUT2D eigenvalue weighted by Crippen LogP contribution is -2.26. The molecule has 5 nitrogen and oxygen atoms in total. The Morgan fingerprint density at radius 2 is 1.96 bits per heavy atom. The summed E-state index contributed by atoms with van der Waals surface area (Å²) in [6, 6.07) is 11.5. The summed E-state index contributed by atoms with van der Waals surface area (Å²) in [4.78, 5) is 14.5. The van der Waals surface area contributed by atoms with Crippen LogP contribution in [0.2, 0.25) is 0 Å². The average molecular weight is 370 g/mol. The van der Waals surface area contributed by atoms with Crippen molar-refractivity contribution in [2.45, 2.75) is 6.54 Å². The summed E-state index contributed by atoms with van der Waals surface area (Å²) >= 11 is 3.47. The highest BCUT2D eigenvalue weighted by atomic mass is 79.9. The van der Waals surface area contributed by atoms with Crippen LogP contribution in [0.4, 0.5) is 5.69 Å². The van der Waals surface area contributed by atoms with E-state index in [1.165, 1.54) is 6.20 Å². The number of methoxy groups -OCH3 is 1. The number of hydrogen-bond acceptors (Lipinski definition) is 4. The molecular weight excluding hydrogens is 358 g/mol. The molecule has 3 aromatic rings. The van der Waals surface area contributed by atoms with E-state index in [0.717, 1.165) is 26.9 Å². The first-order valence-electron chi connectivity index (χ1n) is 7.08. The topological polar surface area (TPSA) is 55.3 Å². The number of carbonyl (C=O) groups excluding carboxylic acids is 1. The largest absolute Gasteiger partial charge is 0.497 e. The first-order valence-corrected chi connectivity index (χ1v) is 7.87. The quantitative estimate of drug-likeness (QED) is 0.708. The summed E-state index contributed by atoms with van der Waals surface area (Å²) in [6.45, 7) is 0.494. The fraction of sp³-hybridized carbons (Fsp3) is 0.118. The van der Waals surface area contributed by atoms with Gasteiger partial charge in [0.25, 0.3) is 5.91 Å². The Balaban J connectivity index is 1.77. The molecule has 0 N–H and O–H groups in total. The van der Waals surface area contributed by atoms with Crippen molar-refractivity contribution in [3.63, 3.8) is 0 Å². The third kappa shape index (κ3) is 2.17. The standard InChI is InChI=1S/C17H12BrN3O2/c1-23-11-4-2-10(3-5-11)9-21-14-7-6-13(18)16-15(14)12(17(21)22)8-19-20-16/h2-8H,9H2,1H3. The van der Waals surface area contributed by atoms with Crippen molar-refractivity contribution in [1.29, 1.82) is 0 Å². The summed E-state index contributed by atoms with van der Waals surface area (Å²) in [5.41, 5.74) is 3.21. The zero-order chi connectivity index (χ0) is 16.0. The van der Waals surface area contributed by atoms with Gasteiger partial charge in [-0.15, -0.1) is 5.10 Å². The van der Waals surface area contributed by atoms with Gasteiger partial charge in [-0.1, -0.05) is 12.1 Å². The zero-order valence-electron chi connectivity index (χ0n) is 12.3. The fourth-order valence-corrected chi connectivity index (χ4v) is 3.25. The summed E-state index contributed by atoms with van der Waals surface area (Å²) in [5, 5.41) is 8.95. The molecule has 1 aliphatic heterocycles. The first-order chi connectivity index (χ1) is 11.2. The Hall–Kier alpha value is -2.47. The molecule has 0 bridgehead atoms. The van der Waals surface area contributed by atoms with Gasteiger partial charge in [-0.25, -0.2) is 0 Å². The number of carbonyl (C=O) groups is 1. The SMILES string of the molecule is COc1ccc(CN2C(=O)c3cnnc4c(Br)ccc2c34)cc1. The molecule has 2 heterocycles. The molecule has 0 aliphatic carbocycles. The fourth-order valence-electron chi connectivity index (χ4n) is 2.84. The van der Waals surface area contributed by atoms with Crippen LogP contribution in [0.25, 0.3) is 10.9 Å². The predicted octanol–water partition coefficient (Wildman–Crippen LogP) is 3.56. The van der Waals surface area contributed by atoms with E-state index < -0.39 is 0 Å². The van der Waals surface area contributed by atoms with Gasteiger partial charge >= 0.3 is 0 Å². The van der Waals surface area contributed by atoms with Gasteiger partial charge in [0.1, 0.15) is 11.3 Å². The van der Waals surface area contributed by atoms with Gasteiger partial charge < -0.3 is 9.64 Å². The minimum Gasteiger partial charge on any atom is -0.497 e. The van der Waals surface area contributed by atoms with E-state index in [0.29, 0.717) is 17.6 Å². The minimum atomic E-state index is -0.0474. The Morgan fingerprint density at radius 3 is 2.70 bits per heavy atom. The second-order valence-corrected chi connectivity index (χ2v) is 6.14. The number of hydrogen-bond donors (Lipinski definition) is 0. The van der Waals surface area contributed by atoms with Crippen LogP contribution in [0.5, 0.6) is 5.75 Å². The van der Waals surface area contributed by atoms with Gasteiger partial charge in [0.15, 0.2) is 0 Å². The molecule has 23 heavy (non-hydrogen) atoms. The van der Waals surface area contributed by atoms with E-state index in [1.807, 2.05) is 36.4 Å². The second kappa shape index (κ2) is 5.31. The molecule has 0 fully saturated rings. The Morgan fingerprint density at radius 1 is 1.17 bits per heavy atom. The predicted molar refractivity (Wildman–Crippen MR) is 90.7 cm³/mol. The van der Waals surface area contributed by atoms with E-state index in [4.69, 9.17) is 4.74 Å². The number of rotatable bonds is 3. The van der Waals surface area contributed by atoms with Crippen LogP contribution < -0.4 is 9.64 Å². The van der Waals surface area contributed by atoms with Gasteiger partial charge in [-0.3, -0.25) is 4.79 Å². The number of nitrogens with zero attached hydrogens (tertiary/aromatic N) is 3. The molecule has 0 atom stereocenters. The van der Waals surface area contributed by atoms with E-state index in [2.05, 4.69) is 26.1 Å². The van der Waals surface area contributed by atoms with E-state index in [1.54, 1.807) is 12.0 Å². The molecule has 0 saturated heterocycles. The summed E-state index contributed by atoms with van der Waals surface area (Å²) in [7, 11) is 1.63. The molecule has 2 aromatic carbocycles. The molecular formula is C17H12BrN3O2. The van der Waals surface area contributed by atoms with Crippen LogP contribution >= 0.6 is 15.9 Å². The highest BCUT2D eigenvalue weighted by Crippen LogP contribution is 2.39. The summed E-state index contributed by atoms with van der Waals surface area (Å²) in [5.74, 6) is 0.748. The molecule has 0 saturated carbocycles. The zero-order valence-corrected chi connectivity index (χ0v) is 13.9. The average Bonchev–Trinajstić information content (AvgIpc) is 2.86. The van der Waals surface area contributed by atoms with Crippen molar-refractivity contribution in [3.05, 3.63) is 58.2 Å². The maximum Gasteiger partial charge on any atom is 0.261 e. The third-order valence-corrected chi connectivity index (χ3v) is 4.63. The molecule has 1 amide bonds. The Labute approximate surface area is 141 Å². The lowest BCUT2D eigenvalue weighted by molar-refractivity contribution is 0.0991. The Bertz CT molecular complexity index is 925. The number of anilines is 1. The van der Waals surface area contributed by atoms with Gasteiger partial charge in [0.05, 0.1) is 31.1 Å². The van der Waals surface area contributed by atoms with Crippen LogP contribution in [-0.2, 0) is 6.54 Å². The van der Waals surface area contributed by atoms with Crippen molar-refractivity contribution < 1.29 is 9.53 Å². The normalized spacial score (nSPS) is 13.0. The van der Waals surface area contributed by atoms with E-state index in [9.17, 15) is 4.79 Å². The maximum absolute atomic E-state index is 12.7. The van der Waals surface area contributed by atoms with Crippen LogP contribution in [0.1, 0.15) is 15.9 Å². The molecule has 0 radical (unpaired) electrons. The third-order valence-electron chi connectivity index (χ3n) is 3.99. The number of aromatic nitrogens is 2. The van der Waals surface area contributed by atoms with Crippen LogP contribution in [0.15, 0.2) is 47.1 Å². The van der Waals surface area contributed by atoms with Crippen LogP contribution in [-0.4, -0.2) is 23.2 Å². The molecule has 1 aromatic heterocycles. The van der Waals surface area contributed by atoms with Crippen molar-refractivity contribution in [3.8, 4) is 5.75 Å². The minimum absolute atomic E-state index is 0.0474. The van der Waals surface area contributed by atoms with E-state index in [-0.39, 0.29) is 5.91 Å². The smallest absolute Gasteiger partial charge is 0.261 e. The number of ether oxygens (including phenoxy) is 1. The summed E-state index contributed by atoms with van der Waals surface area (Å²) < 4.78 is 6.01. The van der Waals surface area contributed by atoms with Gasteiger partial charge in [-0.2, -0.15) is 5.10 Å². The highest BCUT2D eigenvalue weighted by molar-refractivity contribution is 9.10. The number of benzene rings is 2. The molecule has 114 valence electrons. The second-order valence-electron chi connectivity index (χ2n) is 5.29. The van der Waals surface area contributed by atoms with Crippen molar-refractivity contribution >= 4 is 38.4 Å². The number of amides is 1. The van der Waals surface area contributed by atoms with Gasteiger partial charge in [0.2, 0.25) is 0 Å². The van der Waals surface area contributed by atoms with E-state index >= 15 is 0 Å². The van der Waals surface area contributed by atoms with Crippen LogP contribution in [0.3, 0.4) is 0 Å². The monoisotopic (exact) mass is 369 g/mol. The lowest BCUT2D eigenvalue weighted by atomic mass is 10.1. The van der Waals surface area contributed by atoms with Gasteiger partial charge in [0, 0.05) is 9.86 Å². The summed E-state index contributed by atoms with van der Waals surface area (Å²) in [6.07, 6.45) is 1.54. The molecule has 0 spiro atoms. The van der Waals surface area contributed by atoms with Crippen LogP contribution in [0, 0.1) is 0 Å². The lowest BCUT2D eigenvalue weighted by Gasteiger charge is -2.18. The highest BCUT2D eigenvalue weighted by Gasteiger charge is 2.31. The van der Waals surface area contributed by atoms with Gasteiger partial charge in [-0.05, 0) is 45.8 Å².